The molecule has 2 rings (SSSR count). The summed E-state index contributed by atoms with van der Waals surface area (Å²) in [7, 11) is 0. The maximum atomic E-state index is 11.9. The summed E-state index contributed by atoms with van der Waals surface area (Å²) in [6.07, 6.45) is -3.04. The van der Waals surface area contributed by atoms with Crippen LogP contribution < -0.4 is 4.74 Å². The lowest BCUT2D eigenvalue weighted by Gasteiger charge is -2.09. The minimum Gasteiger partial charge on any atom is -0.482 e. The Balaban J connectivity index is 2.20. The third-order valence-corrected chi connectivity index (χ3v) is 1.97. The maximum Gasteiger partial charge on any atom is 0.422 e. The molecule has 84 valence electrons. The molecule has 0 aliphatic heterocycles. The molecule has 0 bridgehead atoms. The molecule has 1 heterocycles. The number of hydrogen-bond acceptors (Lipinski definition) is 2. The van der Waals surface area contributed by atoms with Gasteiger partial charge in [-0.2, -0.15) is 13.2 Å². The number of nitrogens with zero attached hydrogens (tertiary/aromatic N) is 1. The van der Waals surface area contributed by atoms with E-state index in [4.69, 9.17) is 0 Å². The van der Waals surface area contributed by atoms with Gasteiger partial charge < -0.3 is 4.74 Å². The van der Waals surface area contributed by atoms with Crippen molar-refractivity contribution < 1.29 is 17.9 Å². The van der Waals surface area contributed by atoms with Gasteiger partial charge >= 0.3 is 6.18 Å². The Hall–Kier alpha value is -1.78. The highest BCUT2D eigenvalue weighted by molar-refractivity contribution is 5.79. The highest BCUT2D eigenvalue weighted by atomic mass is 19.4. The van der Waals surface area contributed by atoms with E-state index in [2.05, 4.69) is 9.72 Å². The van der Waals surface area contributed by atoms with Crippen molar-refractivity contribution in [3.05, 3.63) is 36.5 Å². The number of pyridine rings is 1. The lowest BCUT2D eigenvalue weighted by molar-refractivity contribution is -0.153. The van der Waals surface area contributed by atoms with E-state index in [0.29, 0.717) is 0 Å². The third-order valence-electron chi connectivity index (χ3n) is 1.97. The Kier molecular flexibility index (Phi) is 2.68. The summed E-state index contributed by atoms with van der Waals surface area (Å²) in [5.74, 6) is 0.121. The van der Waals surface area contributed by atoms with Gasteiger partial charge in [0.1, 0.15) is 5.75 Å². The van der Waals surface area contributed by atoms with Crippen LogP contribution in [0.4, 0.5) is 13.2 Å². The Labute approximate surface area is 89.7 Å². The van der Waals surface area contributed by atoms with Crippen LogP contribution in [-0.4, -0.2) is 17.8 Å². The SMILES string of the molecule is FC(F)(F)COc1cnc2ccccc2c1. The molecule has 0 N–H and O–H groups in total. The monoisotopic (exact) mass is 227 g/mol. The van der Waals surface area contributed by atoms with Gasteiger partial charge in [-0.25, -0.2) is 0 Å². The molecule has 0 spiro atoms. The fourth-order valence-electron chi connectivity index (χ4n) is 1.29. The van der Waals surface area contributed by atoms with Crippen molar-refractivity contribution in [1.82, 2.24) is 4.98 Å². The number of rotatable bonds is 2. The first-order valence-electron chi connectivity index (χ1n) is 4.59. The first-order chi connectivity index (χ1) is 7.54. The number of hydrogen-bond donors (Lipinski definition) is 0. The molecule has 0 unspecified atom stereocenters. The molecule has 2 aromatic rings. The van der Waals surface area contributed by atoms with Crippen LogP contribution in [0.3, 0.4) is 0 Å². The van der Waals surface area contributed by atoms with Gasteiger partial charge in [0.05, 0.1) is 11.7 Å². The summed E-state index contributed by atoms with van der Waals surface area (Å²) in [6.45, 7) is -1.30. The predicted octanol–water partition coefficient (Wildman–Crippen LogP) is 3.18. The Bertz CT molecular complexity index is 496. The van der Waals surface area contributed by atoms with Gasteiger partial charge in [-0.05, 0) is 12.1 Å². The van der Waals surface area contributed by atoms with E-state index in [0.717, 1.165) is 10.9 Å². The summed E-state index contributed by atoms with van der Waals surface area (Å²) in [5, 5.41) is 0.752. The van der Waals surface area contributed by atoms with Crippen LogP contribution in [0.15, 0.2) is 36.5 Å². The molecule has 5 heteroatoms. The summed E-state index contributed by atoms with van der Waals surface area (Å²) in [4.78, 5) is 3.99. The zero-order chi connectivity index (χ0) is 11.6. The van der Waals surface area contributed by atoms with Crippen molar-refractivity contribution in [3.63, 3.8) is 0 Å². The number of halogens is 3. The van der Waals surface area contributed by atoms with E-state index in [-0.39, 0.29) is 5.75 Å². The van der Waals surface area contributed by atoms with Crippen LogP contribution in [0.2, 0.25) is 0 Å². The molecule has 0 aliphatic rings. The highest BCUT2D eigenvalue weighted by Gasteiger charge is 2.28. The number of benzene rings is 1. The van der Waals surface area contributed by atoms with Crippen LogP contribution in [0, 0.1) is 0 Å². The third kappa shape index (κ3) is 2.62. The molecule has 0 aliphatic carbocycles. The second-order valence-electron chi connectivity index (χ2n) is 3.27. The fourth-order valence-corrected chi connectivity index (χ4v) is 1.29. The summed E-state index contributed by atoms with van der Waals surface area (Å²) in [6, 6.07) is 8.68. The predicted molar refractivity (Wildman–Crippen MR) is 53.3 cm³/mol. The fraction of sp³-hybridized carbons (Fsp3) is 0.182. The van der Waals surface area contributed by atoms with Crippen molar-refractivity contribution in [2.45, 2.75) is 6.18 Å². The molecule has 1 aromatic carbocycles. The smallest absolute Gasteiger partial charge is 0.422 e. The molecule has 0 amide bonds. The van der Waals surface area contributed by atoms with Crippen LogP contribution in [-0.2, 0) is 0 Å². The average molecular weight is 227 g/mol. The normalized spacial score (nSPS) is 11.7. The van der Waals surface area contributed by atoms with E-state index in [1.165, 1.54) is 12.3 Å². The van der Waals surface area contributed by atoms with Gasteiger partial charge in [0.2, 0.25) is 0 Å². The molecular weight excluding hydrogens is 219 g/mol. The quantitative estimate of drug-likeness (QED) is 0.786. The molecule has 1 aromatic heterocycles. The average Bonchev–Trinajstić information content (AvgIpc) is 2.25. The van der Waals surface area contributed by atoms with Crippen molar-refractivity contribution >= 4 is 10.9 Å². The number of para-hydroxylation sites is 1. The lowest BCUT2D eigenvalue weighted by Crippen LogP contribution is -2.19. The maximum absolute atomic E-state index is 11.9. The number of alkyl halides is 3. The standard InChI is InChI=1S/C11H8F3NO/c12-11(13,14)7-16-9-5-8-3-1-2-4-10(8)15-6-9/h1-6H,7H2. The molecule has 2 nitrogen and oxygen atoms in total. The van der Waals surface area contributed by atoms with Gasteiger partial charge in [-0.1, -0.05) is 18.2 Å². The lowest BCUT2D eigenvalue weighted by atomic mass is 10.2. The van der Waals surface area contributed by atoms with Gasteiger partial charge in [0, 0.05) is 5.39 Å². The summed E-state index contributed by atoms with van der Waals surface area (Å²) in [5.41, 5.74) is 0.724. The van der Waals surface area contributed by atoms with Gasteiger partial charge in [-0.15, -0.1) is 0 Å². The highest BCUT2D eigenvalue weighted by Crippen LogP contribution is 2.21. The van der Waals surface area contributed by atoms with Gasteiger partial charge in [0.25, 0.3) is 0 Å². The van der Waals surface area contributed by atoms with Gasteiger partial charge in [0.15, 0.2) is 6.61 Å². The van der Waals surface area contributed by atoms with Crippen LogP contribution >= 0.6 is 0 Å². The Morgan fingerprint density at radius 2 is 1.94 bits per heavy atom. The summed E-state index contributed by atoms with van der Waals surface area (Å²) >= 11 is 0. The Morgan fingerprint density at radius 3 is 2.69 bits per heavy atom. The van der Waals surface area contributed by atoms with Crippen LogP contribution in [0.25, 0.3) is 10.9 Å². The molecule has 0 radical (unpaired) electrons. The molecule has 0 fully saturated rings. The van der Waals surface area contributed by atoms with Crippen molar-refractivity contribution in [2.75, 3.05) is 6.61 Å². The topological polar surface area (TPSA) is 22.1 Å². The van der Waals surface area contributed by atoms with Crippen molar-refractivity contribution in [1.29, 1.82) is 0 Å². The van der Waals surface area contributed by atoms with Crippen molar-refractivity contribution in [2.24, 2.45) is 0 Å². The molecule has 0 saturated heterocycles. The minimum atomic E-state index is -4.33. The van der Waals surface area contributed by atoms with E-state index in [1.807, 2.05) is 6.07 Å². The molecular formula is C11H8F3NO. The number of fused-ring (bicyclic) bond motifs is 1. The number of aromatic nitrogens is 1. The van der Waals surface area contributed by atoms with E-state index in [1.54, 1.807) is 18.2 Å². The van der Waals surface area contributed by atoms with Crippen LogP contribution in [0.5, 0.6) is 5.75 Å². The van der Waals surface area contributed by atoms with Crippen molar-refractivity contribution in [3.8, 4) is 5.75 Å². The zero-order valence-corrected chi connectivity index (χ0v) is 8.16. The largest absolute Gasteiger partial charge is 0.482 e. The van der Waals surface area contributed by atoms with E-state index >= 15 is 0 Å². The molecule has 0 saturated carbocycles. The Morgan fingerprint density at radius 1 is 1.19 bits per heavy atom. The first kappa shape index (κ1) is 10.7. The van der Waals surface area contributed by atoms with Gasteiger partial charge in [-0.3, -0.25) is 4.98 Å². The molecule has 16 heavy (non-hydrogen) atoms. The second-order valence-corrected chi connectivity index (χ2v) is 3.27. The zero-order valence-electron chi connectivity index (χ0n) is 8.16. The second kappa shape index (κ2) is 4.00. The molecule has 0 atom stereocenters. The first-order valence-corrected chi connectivity index (χ1v) is 4.59. The summed E-state index contributed by atoms with van der Waals surface area (Å²) < 4.78 is 40.3. The van der Waals surface area contributed by atoms with E-state index < -0.39 is 12.8 Å². The minimum absolute atomic E-state index is 0.121. The van der Waals surface area contributed by atoms with E-state index in [9.17, 15) is 13.2 Å². The number of ether oxygens (including phenoxy) is 1. The van der Waals surface area contributed by atoms with Crippen LogP contribution in [0.1, 0.15) is 0 Å².